The molecule has 0 aliphatic rings. The van der Waals surface area contributed by atoms with Crippen molar-refractivity contribution >= 4 is 21.6 Å². The van der Waals surface area contributed by atoms with Crippen molar-refractivity contribution in [2.75, 3.05) is 17.4 Å². The summed E-state index contributed by atoms with van der Waals surface area (Å²) < 4.78 is 68.8. The lowest BCUT2D eigenvalue weighted by molar-refractivity contribution is -0.137. The van der Waals surface area contributed by atoms with Crippen molar-refractivity contribution in [1.82, 2.24) is 14.9 Å². The number of hydrogen-bond acceptors (Lipinski definition) is 4. The van der Waals surface area contributed by atoms with E-state index in [1.807, 2.05) is 4.57 Å². The van der Waals surface area contributed by atoms with E-state index in [2.05, 4.69) is 10.3 Å². The minimum absolute atomic E-state index is 0.126. The summed E-state index contributed by atoms with van der Waals surface area (Å²) in [5.41, 5.74) is -0.445. The Hall–Kier alpha value is -3.34. The second-order valence-corrected chi connectivity index (χ2v) is 9.24. The van der Waals surface area contributed by atoms with Crippen molar-refractivity contribution in [3.8, 4) is 0 Å². The molecule has 0 radical (unpaired) electrons. The first kappa shape index (κ1) is 24.3. The molecule has 2 aromatic carbocycles. The number of amides is 1. The number of benzene rings is 2. The fraction of sp³-hybridized carbons (Fsp3) is 0.273. The average molecular weight is 481 g/mol. The normalized spacial score (nSPS) is 11.9. The highest BCUT2D eigenvalue weighted by Gasteiger charge is 2.33. The molecule has 176 valence electrons. The summed E-state index contributed by atoms with van der Waals surface area (Å²) in [4.78, 5) is 16.3. The van der Waals surface area contributed by atoms with E-state index >= 15 is 0 Å². The number of rotatable bonds is 9. The Labute approximate surface area is 189 Å². The van der Waals surface area contributed by atoms with Crippen LogP contribution in [0, 0.1) is 6.92 Å². The lowest BCUT2D eigenvalue weighted by atomic mass is 10.2. The van der Waals surface area contributed by atoms with Crippen LogP contribution in [0.25, 0.3) is 0 Å². The average Bonchev–Trinajstić information content (AvgIpc) is 3.28. The number of aromatic nitrogens is 2. The summed E-state index contributed by atoms with van der Waals surface area (Å²) in [6.45, 7) is 1.97. The van der Waals surface area contributed by atoms with Crippen molar-refractivity contribution < 1.29 is 26.4 Å². The summed E-state index contributed by atoms with van der Waals surface area (Å²) >= 11 is 0. The van der Waals surface area contributed by atoms with Gasteiger partial charge >= 0.3 is 6.18 Å². The van der Waals surface area contributed by atoms with Gasteiger partial charge in [-0.15, -0.1) is 0 Å². The largest absolute Gasteiger partial charge is 0.416 e. The molecule has 1 heterocycles. The maximum Gasteiger partial charge on any atom is 0.416 e. The lowest BCUT2D eigenvalue weighted by Gasteiger charge is -2.25. The fourth-order valence-corrected chi connectivity index (χ4v) is 4.50. The number of sulfonamides is 1. The Morgan fingerprint density at radius 2 is 1.88 bits per heavy atom. The fourth-order valence-electron chi connectivity index (χ4n) is 3.08. The van der Waals surface area contributed by atoms with Crippen LogP contribution in [-0.4, -0.2) is 37.0 Å². The standard InChI is InChI=1S/C22H23F3N4O3S/c1-17-6-8-20(9-7-17)33(31,32)29(19-5-2-4-18(14-19)22(23,24)25)15-21(30)27-10-3-12-28-13-11-26-16-28/h2,4-9,11,13-14,16H,3,10,12,15H2,1H3,(H,27,30). The van der Waals surface area contributed by atoms with E-state index in [1.165, 1.54) is 18.2 Å². The van der Waals surface area contributed by atoms with Gasteiger partial charge in [0.05, 0.1) is 22.5 Å². The van der Waals surface area contributed by atoms with Crippen LogP contribution in [0.2, 0.25) is 0 Å². The van der Waals surface area contributed by atoms with E-state index in [9.17, 15) is 26.4 Å². The Balaban J connectivity index is 1.82. The zero-order valence-electron chi connectivity index (χ0n) is 17.8. The summed E-state index contributed by atoms with van der Waals surface area (Å²) in [6, 6.07) is 9.77. The van der Waals surface area contributed by atoms with Gasteiger partial charge in [0, 0.05) is 25.5 Å². The summed E-state index contributed by atoms with van der Waals surface area (Å²) in [5.74, 6) is -0.631. The number of aryl methyl sites for hydroxylation is 2. The van der Waals surface area contributed by atoms with Gasteiger partial charge in [-0.05, 0) is 43.7 Å². The molecule has 0 spiro atoms. The van der Waals surface area contributed by atoms with Gasteiger partial charge in [-0.3, -0.25) is 9.10 Å². The third-order valence-electron chi connectivity index (χ3n) is 4.83. The van der Waals surface area contributed by atoms with E-state index < -0.39 is 34.2 Å². The Kier molecular flexibility index (Phi) is 7.42. The molecule has 1 N–H and O–H groups in total. The number of imidazole rings is 1. The topological polar surface area (TPSA) is 84.3 Å². The number of halogens is 3. The van der Waals surface area contributed by atoms with Gasteiger partial charge in [-0.1, -0.05) is 23.8 Å². The zero-order chi connectivity index (χ0) is 24.1. The van der Waals surface area contributed by atoms with E-state index in [0.29, 0.717) is 17.3 Å². The Morgan fingerprint density at radius 3 is 2.52 bits per heavy atom. The molecule has 0 saturated heterocycles. The molecule has 0 saturated carbocycles. The van der Waals surface area contributed by atoms with E-state index in [4.69, 9.17) is 0 Å². The quantitative estimate of drug-likeness (QED) is 0.474. The van der Waals surface area contributed by atoms with Crippen molar-refractivity contribution in [3.05, 3.63) is 78.4 Å². The van der Waals surface area contributed by atoms with Crippen LogP contribution in [0.3, 0.4) is 0 Å². The first-order valence-corrected chi connectivity index (χ1v) is 11.5. The monoisotopic (exact) mass is 480 g/mol. The SMILES string of the molecule is Cc1ccc(S(=O)(=O)N(CC(=O)NCCCn2ccnc2)c2cccc(C(F)(F)F)c2)cc1. The predicted molar refractivity (Wildman–Crippen MR) is 117 cm³/mol. The molecule has 0 fully saturated rings. The number of alkyl halides is 3. The molecule has 33 heavy (non-hydrogen) atoms. The van der Waals surface area contributed by atoms with Crippen LogP contribution >= 0.6 is 0 Å². The van der Waals surface area contributed by atoms with Crippen LogP contribution in [0.1, 0.15) is 17.5 Å². The van der Waals surface area contributed by atoms with Crippen LogP contribution in [-0.2, 0) is 27.5 Å². The highest BCUT2D eigenvalue weighted by molar-refractivity contribution is 7.92. The number of nitrogens with zero attached hydrogens (tertiary/aromatic N) is 3. The van der Waals surface area contributed by atoms with Gasteiger partial charge in [0.1, 0.15) is 6.54 Å². The summed E-state index contributed by atoms with van der Waals surface area (Å²) in [5, 5.41) is 2.62. The highest BCUT2D eigenvalue weighted by Crippen LogP contribution is 2.33. The summed E-state index contributed by atoms with van der Waals surface area (Å²) in [6.07, 6.45) is 0.930. The number of hydrogen-bond donors (Lipinski definition) is 1. The molecular weight excluding hydrogens is 457 g/mol. The molecule has 0 bridgehead atoms. The number of anilines is 1. The molecule has 11 heteroatoms. The first-order chi connectivity index (χ1) is 15.6. The number of nitrogens with one attached hydrogen (secondary N) is 1. The van der Waals surface area contributed by atoms with E-state index in [0.717, 1.165) is 23.8 Å². The molecule has 0 unspecified atom stereocenters. The lowest BCUT2D eigenvalue weighted by Crippen LogP contribution is -2.41. The van der Waals surface area contributed by atoms with Gasteiger partial charge < -0.3 is 9.88 Å². The van der Waals surface area contributed by atoms with Gasteiger partial charge in [0.2, 0.25) is 5.91 Å². The molecule has 1 aromatic heterocycles. The smallest absolute Gasteiger partial charge is 0.354 e. The molecule has 3 aromatic rings. The highest BCUT2D eigenvalue weighted by atomic mass is 32.2. The van der Waals surface area contributed by atoms with Crippen molar-refractivity contribution in [2.45, 2.75) is 31.0 Å². The van der Waals surface area contributed by atoms with Gasteiger partial charge in [0.15, 0.2) is 0 Å². The van der Waals surface area contributed by atoms with E-state index in [1.54, 1.807) is 37.8 Å². The number of carbonyl (C=O) groups is 1. The van der Waals surface area contributed by atoms with Gasteiger partial charge in [-0.2, -0.15) is 13.2 Å². The molecule has 1 amide bonds. The number of carbonyl (C=O) groups excluding carboxylic acids is 1. The molecule has 7 nitrogen and oxygen atoms in total. The maximum absolute atomic E-state index is 13.3. The molecule has 0 atom stereocenters. The predicted octanol–water partition coefficient (Wildman–Crippen LogP) is 3.61. The third-order valence-corrected chi connectivity index (χ3v) is 6.62. The Bertz CT molecular complexity index is 1180. The minimum atomic E-state index is -4.66. The maximum atomic E-state index is 13.3. The second-order valence-electron chi connectivity index (χ2n) is 7.38. The zero-order valence-corrected chi connectivity index (χ0v) is 18.6. The summed E-state index contributed by atoms with van der Waals surface area (Å²) in [7, 11) is -4.30. The van der Waals surface area contributed by atoms with Crippen LogP contribution in [0.4, 0.5) is 18.9 Å². The second kappa shape index (κ2) is 10.1. The molecule has 3 rings (SSSR count). The van der Waals surface area contributed by atoms with Crippen LogP contribution in [0.15, 0.2) is 72.1 Å². The minimum Gasteiger partial charge on any atom is -0.354 e. The molecular formula is C22H23F3N4O3S. The first-order valence-electron chi connectivity index (χ1n) is 10.1. The third kappa shape index (κ3) is 6.35. The Morgan fingerprint density at radius 1 is 1.15 bits per heavy atom. The molecule has 0 aliphatic carbocycles. The van der Waals surface area contributed by atoms with Crippen molar-refractivity contribution in [2.24, 2.45) is 0 Å². The molecule has 0 aliphatic heterocycles. The van der Waals surface area contributed by atoms with E-state index in [-0.39, 0.29) is 17.1 Å². The van der Waals surface area contributed by atoms with Gasteiger partial charge in [0.25, 0.3) is 10.0 Å². The van der Waals surface area contributed by atoms with Crippen LogP contribution < -0.4 is 9.62 Å². The van der Waals surface area contributed by atoms with Gasteiger partial charge in [-0.25, -0.2) is 13.4 Å². The van der Waals surface area contributed by atoms with Crippen molar-refractivity contribution in [3.63, 3.8) is 0 Å². The van der Waals surface area contributed by atoms with Crippen molar-refractivity contribution in [1.29, 1.82) is 0 Å². The van der Waals surface area contributed by atoms with Crippen LogP contribution in [0.5, 0.6) is 0 Å².